The number of aliphatic hydroxyl groups excluding tert-OH is 1. The highest BCUT2D eigenvalue weighted by molar-refractivity contribution is 5.58. The fourth-order valence-corrected chi connectivity index (χ4v) is 3.89. The lowest BCUT2D eigenvalue weighted by molar-refractivity contribution is 0.257. The van der Waals surface area contributed by atoms with Gasteiger partial charge in [0, 0.05) is 11.6 Å². The van der Waals surface area contributed by atoms with E-state index in [1.54, 1.807) is 25.3 Å². The van der Waals surface area contributed by atoms with Crippen molar-refractivity contribution in [1.29, 1.82) is 0 Å². The second-order valence-electron chi connectivity index (χ2n) is 8.59. The summed E-state index contributed by atoms with van der Waals surface area (Å²) in [6.45, 7) is 0.0238. The predicted molar refractivity (Wildman–Crippen MR) is 149 cm³/mol. The Balaban J connectivity index is 1.56. The maximum Gasteiger partial charge on any atom is 0.212 e. The summed E-state index contributed by atoms with van der Waals surface area (Å²) in [5.41, 5.74) is 1.43. The van der Waals surface area contributed by atoms with Crippen LogP contribution in [0.2, 0.25) is 0 Å². The maximum atomic E-state index is 9.79. The third kappa shape index (κ3) is 6.69. The highest BCUT2D eigenvalue weighted by Gasteiger charge is 2.19. The largest absolute Gasteiger partial charge is 0.497 e. The molecule has 0 heterocycles. The zero-order valence-corrected chi connectivity index (χ0v) is 21.4. The molecule has 0 unspecified atom stereocenters. The molecule has 0 saturated carbocycles. The van der Waals surface area contributed by atoms with Crippen LogP contribution in [0, 0.1) is 0 Å². The fourth-order valence-electron chi connectivity index (χ4n) is 3.89. The molecule has 196 valence electrons. The number of rotatable bonds is 11. The Kier molecular flexibility index (Phi) is 8.26. The van der Waals surface area contributed by atoms with E-state index in [9.17, 15) is 5.11 Å². The van der Waals surface area contributed by atoms with Crippen LogP contribution >= 0.6 is 0 Å². The molecule has 0 spiro atoms. The summed E-state index contributed by atoms with van der Waals surface area (Å²) in [5, 5.41) is 9.79. The summed E-state index contributed by atoms with van der Waals surface area (Å²) in [5.74, 6) is 4.45. The standard InChI is InChI=1S/C33H28O6/c1-35-29-18-17-25(22-34)30(21-29)36-23-24-19-31(37-26-11-5-2-6-12-26)33(39-28-15-9-4-10-16-28)32(20-24)38-27-13-7-3-8-14-27/h2-21,34H,22-23H2,1H3. The average Bonchev–Trinajstić information content (AvgIpc) is 2.99. The zero-order valence-electron chi connectivity index (χ0n) is 21.4. The minimum atomic E-state index is -0.159. The molecule has 6 heteroatoms. The van der Waals surface area contributed by atoms with Crippen molar-refractivity contribution in [1.82, 2.24) is 0 Å². The molecular formula is C33H28O6. The topological polar surface area (TPSA) is 66.4 Å². The summed E-state index contributed by atoms with van der Waals surface area (Å²) in [6.07, 6.45) is 0. The van der Waals surface area contributed by atoms with Crippen molar-refractivity contribution >= 4 is 0 Å². The van der Waals surface area contributed by atoms with Gasteiger partial charge in [-0.2, -0.15) is 0 Å². The maximum absolute atomic E-state index is 9.79. The monoisotopic (exact) mass is 520 g/mol. The second-order valence-corrected chi connectivity index (χ2v) is 8.59. The van der Waals surface area contributed by atoms with Gasteiger partial charge in [-0.25, -0.2) is 0 Å². The van der Waals surface area contributed by atoms with Crippen LogP contribution in [0.5, 0.6) is 46.0 Å². The molecule has 39 heavy (non-hydrogen) atoms. The van der Waals surface area contributed by atoms with Crippen LogP contribution in [-0.2, 0) is 13.2 Å². The number of hydrogen-bond donors (Lipinski definition) is 1. The quantitative estimate of drug-likeness (QED) is 0.190. The van der Waals surface area contributed by atoms with Gasteiger partial charge in [0.05, 0.1) is 13.7 Å². The van der Waals surface area contributed by atoms with Gasteiger partial charge in [-0.1, -0.05) is 54.6 Å². The fraction of sp³-hybridized carbons (Fsp3) is 0.0909. The lowest BCUT2D eigenvalue weighted by atomic mass is 10.1. The van der Waals surface area contributed by atoms with Crippen molar-refractivity contribution in [3.05, 3.63) is 132 Å². The van der Waals surface area contributed by atoms with Gasteiger partial charge in [-0.15, -0.1) is 0 Å². The van der Waals surface area contributed by atoms with Crippen LogP contribution in [0.15, 0.2) is 121 Å². The molecule has 5 aromatic rings. The Labute approximate surface area is 227 Å². The van der Waals surface area contributed by atoms with Crippen LogP contribution in [0.4, 0.5) is 0 Å². The van der Waals surface area contributed by atoms with Crippen molar-refractivity contribution in [2.45, 2.75) is 13.2 Å². The van der Waals surface area contributed by atoms with Gasteiger partial charge in [0.2, 0.25) is 5.75 Å². The molecule has 0 bridgehead atoms. The Hall–Kier alpha value is -4.94. The van der Waals surface area contributed by atoms with Crippen molar-refractivity contribution in [3.8, 4) is 46.0 Å². The van der Waals surface area contributed by atoms with E-state index in [-0.39, 0.29) is 13.2 Å². The van der Waals surface area contributed by atoms with Gasteiger partial charge >= 0.3 is 0 Å². The molecule has 0 aliphatic heterocycles. The number of benzene rings is 5. The Morgan fingerprint density at radius 2 is 1.05 bits per heavy atom. The van der Waals surface area contributed by atoms with Crippen molar-refractivity contribution in [2.75, 3.05) is 7.11 Å². The van der Waals surface area contributed by atoms with Gasteiger partial charge in [0.15, 0.2) is 11.5 Å². The third-order valence-corrected chi connectivity index (χ3v) is 5.82. The molecule has 0 saturated heterocycles. The Morgan fingerprint density at radius 1 is 0.538 bits per heavy atom. The molecule has 0 aliphatic rings. The number of para-hydroxylation sites is 3. The number of hydrogen-bond acceptors (Lipinski definition) is 6. The predicted octanol–water partition coefficient (Wildman–Crippen LogP) is 8.14. The summed E-state index contributed by atoms with van der Waals surface area (Å²) in [7, 11) is 1.59. The van der Waals surface area contributed by atoms with E-state index in [1.807, 2.05) is 103 Å². The van der Waals surface area contributed by atoms with Crippen molar-refractivity contribution in [2.24, 2.45) is 0 Å². The Bertz CT molecular complexity index is 1420. The molecule has 0 atom stereocenters. The van der Waals surface area contributed by atoms with E-state index < -0.39 is 0 Å². The first kappa shape index (κ1) is 25.7. The number of methoxy groups -OCH3 is 1. The minimum absolute atomic E-state index is 0.159. The van der Waals surface area contributed by atoms with E-state index in [4.69, 9.17) is 23.7 Å². The number of aliphatic hydroxyl groups is 1. The second kappa shape index (κ2) is 12.5. The summed E-state index contributed by atoms with van der Waals surface area (Å²) in [6, 6.07) is 37.5. The molecule has 0 aliphatic carbocycles. The zero-order chi connectivity index (χ0) is 26.9. The first-order valence-corrected chi connectivity index (χ1v) is 12.5. The summed E-state index contributed by atoms with van der Waals surface area (Å²) in [4.78, 5) is 0. The first-order chi connectivity index (χ1) is 19.2. The molecule has 0 fully saturated rings. The Morgan fingerprint density at radius 3 is 1.54 bits per heavy atom. The first-order valence-electron chi connectivity index (χ1n) is 12.5. The molecule has 5 rings (SSSR count). The summed E-state index contributed by atoms with van der Waals surface area (Å²) < 4.78 is 30.4. The van der Waals surface area contributed by atoms with Crippen molar-refractivity contribution in [3.63, 3.8) is 0 Å². The van der Waals surface area contributed by atoms with Gasteiger partial charge in [0.1, 0.15) is 35.4 Å². The van der Waals surface area contributed by atoms with Gasteiger partial charge in [0.25, 0.3) is 0 Å². The number of ether oxygens (including phenoxy) is 5. The van der Waals surface area contributed by atoms with Crippen LogP contribution in [0.25, 0.3) is 0 Å². The highest BCUT2D eigenvalue weighted by atomic mass is 16.5. The molecule has 1 N–H and O–H groups in total. The van der Waals surface area contributed by atoms with Crippen molar-refractivity contribution < 1.29 is 28.8 Å². The molecule has 0 radical (unpaired) electrons. The van der Waals surface area contributed by atoms with E-state index >= 15 is 0 Å². The van der Waals surface area contributed by atoms with Gasteiger partial charge in [-0.05, 0) is 66.2 Å². The van der Waals surface area contributed by atoms with Crippen LogP contribution in [-0.4, -0.2) is 12.2 Å². The van der Waals surface area contributed by atoms with Gasteiger partial charge < -0.3 is 28.8 Å². The highest BCUT2D eigenvalue weighted by Crippen LogP contribution is 2.45. The van der Waals surface area contributed by atoms with Crippen LogP contribution < -0.4 is 23.7 Å². The molecule has 6 nitrogen and oxygen atoms in total. The molecule has 0 aromatic heterocycles. The third-order valence-electron chi connectivity index (χ3n) is 5.82. The molecular weight excluding hydrogens is 492 g/mol. The SMILES string of the molecule is COc1ccc(CO)c(OCc2cc(Oc3ccccc3)c(Oc3ccccc3)c(Oc3ccccc3)c2)c1. The van der Waals surface area contributed by atoms with Crippen LogP contribution in [0.1, 0.15) is 11.1 Å². The van der Waals surface area contributed by atoms with Crippen LogP contribution in [0.3, 0.4) is 0 Å². The smallest absolute Gasteiger partial charge is 0.212 e. The lowest BCUT2D eigenvalue weighted by Crippen LogP contribution is -2.02. The normalized spacial score (nSPS) is 10.5. The van der Waals surface area contributed by atoms with E-state index in [0.717, 1.165) is 5.56 Å². The molecule has 0 amide bonds. The average molecular weight is 521 g/mol. The van der Waals surface area contributed by atoms with Gasteiger partial charge in [-0.3, -0.25) is 0 Å². The van der Waals surface area contributed by atoms with E-state index in [1.165, 1.54) is 0 Å². The molecule has 5 aromatic carbocycles. The summed E-state index contributed by atoms with van der Waals surface area (Å²) >= 11 is 0. The van der Waals surface area contributed by atoms with E-state index in [2.05, 4.69) is 0 Å². The van der Waals surface area contributed by atoms with E-state index in [0.29, 0.717) is 51.6 Å². The lowest BCUT2D eigenvalue weighted by Gasteiger charge is -2.19. The minimum Gasteiger partial charge on any atom is -0.497 e.